The summed E-state index contributed by atoms with van der Waals surface area (Å²) in [4.78, 5) is 3.98. The van der Waals surface area contributed by atoms with E-state index in [0.29, 0.717) is 19.0 Å². The topological polar surface area (TPSA) is 74.3 Å². The third-order valence-electron chi connectivity index (χ3n) is 3.50. The molecule has 7 heteroatoms. The summed E-state index contributed by atoms with van der Waals surface area (Å²) in [6.45, 7) is 2.32. The average Bonchev–Trinajstić information content (AvgIpc) is 2.47. The summed E-state index contributed by atoms with van der Waals surface area (Å²) in [6, 6.07) is 3.66. The summed E-state index contributed by atoms with van der Waals surface area (Å²) in [6.07, 6.45) is 5.34. The molecule has 0 amide bonds. The Bertz CT molecular complexity index is 504. The quantitative estimate of drug-likeness (QED) is 0.794. The normalized spacial score (nSPS) is 20.9. The predicted molar refractivity (Wildman–Crippen MR) is 78.2 cm³/mol. The molecule has 1 unspecified atom stereocenters. The second-order valence-corrected chi connectivity index (χ2v) is 6.87. The van der Waals surface area contributed by atoms with Gasteiger partial charge in [0.05, 0.1) is 0 Å². The molecule has 6 nitrogen and oxygen atoms in total. The van der Waals surface area contributed by atoms with Gasteiger partial charge in [0.2, 0.25) is 0 Å². The van der Waals surface area contributed by atoms with Crippen LogP contribution in [0.4, 0.5) is 0 Å². The van der Waals surface area contributed by atoms with Crippen LogP contribution in [-0.4, -0.2) is 44.4 Å². The number of rotatable bonds is 6. The van der Waals surface area contributed by atoms with Crippen LogP contribution < -0.4 is 10.0 Å². The molecular formula is C13H22N4O2S. The Morgan fingerprint density at radius 1 is 1.50 bits per heavy atom. The number of aromatic nitrogens is 1. The van der Waals surface area contributed by atoms with Crippen molar-refractivity contribution in [3.05, 3.63) is 30.1 Å². The average molecular weight is 298 g/mol. The first-order valence-corrected chi connectivity index (χ1v) is 8.34. The Hall–Kier alpha value is -1.02. The third-order valence-corrected chi connectivity index (χ3v) is 5.02. The van der Waals surface area contributed by atoms with Gasteiger partial charge in [-0.1, -0.05) is 6.07 Å². The fraction of sp³-hybridized carbons (Fsp3) is 0.615. The van der Waals surface area contributed by atoms with Crippen LogP contribution in [0.2, 0.25) is 0 Å². The summed E-state index contributed by atoms with van der Waals surface area (Å²) >= 11 is 0. The second kappa shape index (κ2) is 7.12. The number of nitrogens with one attached hydrogen (secondary N) is 2. The number of nitrogens with zero attached hydrogens (tertiary/aromatic N) is 2. The Kier molecular flexibility index (Phi) is 5.47. The number of hydrogen-bond acceptors (Lipinski definition) is 4. The van der Waals surface area contributed by atoms with Gasteiger partial charge >= 0.3 is 0 Å². The highest BCUT2D eigenvalue weighted by Gasteiger charge is 2.28. The SMILES string of the molecule is CNCC1CCCN(S(=O)(=O)NCc2cccnc2)C1. The van der Waals surface area contributed by atoms with Crippen molar-refractivity contribution in [2.24, 2.45) is 5.92 Å². The van der Waals surface area contributed by atoms with E-state index in [9.17, 15) is 8.42 Å². The molecule has 2 rings (SSSR count). The van der Waals surface area contributed by atoms with Gasteiger partial charge in [0.15, 0.2) is 0 Å². The van der Waals surface area contributed by atoms with Crippen LogP contribution in [0.25, 0.3) is 0 Å². The lowest BCUT2D eigenvalue weighted by atomic mass is 10.00. The zero-order valence-corrected chi connectivity index (χ0v) is 12.6. The monoisotopic (exact) mass is 298 g/mol. The molecule has 1 aromatic heterocycles. The molecule has 112 valence electrons. The molecule has 1 aliphatic heterocycles. The van der Waals surface area contributed by atoms with Crippen molar-refractivity contribution in [1.29, 1.82) is 0 Å². The first kappa shape index (κ1) is 15.4. The molecule has 0 saturated carbocycles. The zero-order chi connectivity index (χ0) is 14.4. The van der Waals surface area contributed by atoms with Gasteiger partial charge in [-0.05, 0) is 44.0 Å². The Balaban J connectivity index is 1.92. The van der Waals surface area contributed by atoms with E-state index in [4.69, 9.17) is 0 Å². The summed E-state index contributed by atoms with van der Waals surface area (Å²) in [7, 11) is -1.51. The molecule has 1 fully saturated rings. The maximum absolute atomic E-state index is 12.3. The van der Waals surface area contributed by atoms with Crippen LogP contribution in [-0.2, 0) is 16.8 Å². The van der Waals surface area contributed by atoms with E-state index in [1.165, 1.54) is 0 Å². The molecule has 20 heavy (non-hydrogen) atoms. The van der Waals surface area contributed by atoms with Crippen molar-refractivity contribution in [2.75, 3.05) is 26.7 Å². The van der Waals surface area contributed by atoms with Crippen molar-refractivity contribution in [3.63, 3.8) is 0 Å². The Morgan fingerprint density at radius 2 is 2.35 bits per heavy atom. The largest absolute Gasteiger partial charge is 0.319 e. The Morgan fingerprint density at radius 3 is 3.05 bits per heavy atom. The molecule has 0 bridgehead atoms. The van der Waals surface area contributed by atoms with Crippen LogP contribution >= 0.6 is 0 Å². The van der Waals surface area contributed by atoms with Gasteiger partial charge in [-0.25, -0.2) is 0 Å². The summed E-state index contributed by atoms with van der Waals surface area (Å²) in [5, 5.41) is 3.12. The van der Waals surface area contributed by atoms with Crippen LogP contribution in [0.5, 0.6) is 0 Å². The van der Waals surface area contributed by atoms with Crippen LogP contribution in [0.3, 0.4) is 0 Å². The molecule has 0 spiro atoms. The van der Waals surface area contributed by atoms with E-state index in [0.717, 1.165) is 24.9 Å². The Labute approximate surface area is 120 Å². The number of pyridine rings is 1. The van der Waals surface area contributed by atoms with Gasteiger partial charge in [-0.2, -0.15) is 17.4 Å². The van der Waals surface area contributed by atoms with Gasteiger partial charge < -0.3 is 5.32 Å². The van der Waals surface area contributed by atoms with Crippen LogP contribution in [0.15, 0.2) is 24.5 Å². The lowest BCUT2D eigenvalue weighted by Crippen LogP contribution is -2.47. The minimum Gasteiger partial charge on any atom is -0.319 e. The summed E-state index contributed by atoms with van der Waals surface area (Å²) in [5.74, 6) is 0.392. The molecule has 0 aromatic carbocycles. The fourth-order valence-electron chi connectivity index (χ4n) is 2.47. The van der Waals surface area contributed by atoms with E-state index in [1.54, 1.807) is 22.8 Å². The first-order chi connectivity index (χ1) is 9.62. The molecule has 2 N–H and O–H groups in total. The molecule has 1 atom stereocenters. The van der Waals surface area contributed by atoms with E-state index >= 15 is 0 Å². The van der Waals surface area contributed by atoms with Crippen LogP contribution in [0, 0.1) is 5.92 Å². The molecule has 2 heterocycles. The maximum Gasteiger partial charge on any atom is 0.279 e. The maximum atomic E-state index is 12.3. The van der Waals surface area contributed by atoms with Gasteiger partial charge in [0, 0.05) is 32.0 Å². The van der Waals surface area contributed by atoms with Crippen LogP contribution in [0.1, 0.15) is 18.4 Å². The van der Waals surface area contributed by atoms with E-state index in [-0.39, 0.29) is 6.54 Å². The summed E-state index contributed by atoms with van der Waals surface area (Å²) in [5.41, 5.74) is 0.861. The minimum absolute atomic E-state index is 0.281. The van der Waals surface area contributed by atoms with E-state index in [2.05, 4.69) is 15.0 Å². The standard InChI is InChI=1S/C13H22N4O2S/c1-14-8-13-5-3-7-17(11-13)20(18,19)16-10-12-4-2-6-15-9-12/h2,4,6,9,13-14,16H,3,5,7-8,10-11H2,1H3. The fourth-order valence-corrected chi connectivity index (χ4v) is 3.78. The van der Waals surface area contributed by atoms with Gasteiger partial charge in [0.25, 0.3) is 10.2 Å². The van der Waals surface area contributed by atoms with Crippen molar-refractivity contribution in [1.82, 2.24) is 19.3 Å². The lowest BCUT2D eigenvalue weighted by Gasteiger charge is -2.31. The second-order valence-electron chi connectivity index (χ2n) is 5.11. The molecule has 1 saturated heterocycles. The highest BCUT2D eigenvalue weighted by atomic mass is 32.2. The van der Waals surface area contributed by atoms with Gasteiger partial charge in [-0.15, -0.1) is 0 Å². The van der Waals surface area contributed by atoms with Gasteiger partial charge in [0.1, 0.15) is 0 Å². The van der Waals surface area contributed by atoms with Gasteiger partial charge in [-0.3, -0.25) is 4.98 Å². The van der Waals surface area contributed by atoms with Crippen molar-refractivity contribution >= 4 is 10.2 Å². The minimum atomic E-state index is -3.40. The van der Waals surface area contributed by atoms with E-state index < -0.39 is 10.2 Å². The molecule has 0 radical (unpaired) electrons. The number of piperidine rings is 1. The lowest BCUT2D eigenvalue weighted by molar-refractivity contribution is 0.261. The van der Waals surface area contributed by atoms with Crippen molar-refractivity contribution in [3.8, 4) is 0 Å². The molecule has 1 aromatic rings. The summed E-state index contributed by atoms with van der Waals surface area (Å²) < 4.78 is 28.8. The predicted octanol–water partition coefficient (Wildman–Crippen LogP) is 0.347. The highest BCUT2D eigenvalue weighted by Crippen LogP contribution is 2.18. The number of hydrogen-bond donors (Lipinski definition) is 2. The van der Waals surface area contributed by atoms with Crippen molar-refractivity contribution < 1.29 is 8.42 Å². The van der Waals surface area contributed by atoms with Crippen molar-refractivity contribution in [2.45, 2.75) is 19.4 Å². The zero-order valence-electron chi connectivity index (χ0n) is 11.7. The van der Waals surface area contributed by atoms with E-state index in [1.807, 2.05) is 13.1 Å². The highest BCUT2D eigenvalue weighted by molar-refractivity contribution is 7.87. The third kappa shape index (κ3) is 4.24. The molecular weight excluding hydrogens is 276 g/mol. The molecule has 0 aliphatic carbocycles. The first-order valence-electron chi connectivity index (χ1n) is 6.90. The molecule has 1 aliphatic rings. The smallest absolute Gasteiger partial charge is 0.279 e.